The van der Waals surface area contributed by atoms with Crippen LogP contribution >= 0.6 is 11.3 Å². The summed E-state index contributed by atoms with van der Waals surface area (Å²) >= 11 is 1.36. The fourth-order valence-corrected chi connectivity index (χ4v) is 3.18. The smallest absolute Gasteiger partial charge is 0.325 e. The predicted octanol–water partition coefficient (Wildman–Crippen LogP) is 1.57. The maximum atomic E-state index is 12.6. The van der Waals surface area contributed by atoms with E-state index in [1.54, 1.807) is 26.0 Å². The number of nitrogens with zero attached hydrogens (tertiary/aromatic N) is 2. The second kappa shape index (κ2) is 6.24. The molecule has 1 fully saturated rings. The topological polar surface area (TPSA) is 102 Å². The van der Waals surface area contributed by atoms with Crippen LogP contribution in [0.15, 0.2) is 17.5 Å². The molecule has 0 bridgehead atoms. The summed E-state index contributed by atoms with van der Waals surface area (Å²) in [6.07, 6.45) is 0. The third-order valence-corrected chi connectivity index (χ3v) is 5.47. The fraction of sp³-hybridized carbons (Fsp3) is 0.500. The van der Waals surface area contributed by atoms with Crippen LogP contribution in [-0.2, 0) is 15.1 Å². The zero-order chi connectivity index (χ0) is 18.1. The van der Waals surface area contributed by atoms with Crippen LogP contribution in [0.2, 0.25) is 0 Å². The van der Waals surface area contributed by atoms with E-state index in [-0.39, 0.29) is 5.92 Å². The second-order valence-corrected chi connectivity index (χ2v) is 7.39. The molecule has 1 aromatic heterocycles. The van der Waals surface area contributed by atoms with E-state index < -0.39 is 35.5 Å². The Morgan fingerprint density at radius 2 is 2.21 bits per heavy atom. The van der Waals surface area contributed by atoms with Crippen LogP contribution in [0.4, 0.5) is 4.79 Å². The van der Waals surface area contributed by atoms with E-state index >= 15 is 0 Å². The van der Waals surface area contributed by atoms with Gasteiger partial charge in [-0.2, -0.15) is 5.26 Å². The molecule has 128 valence electrons. The summed E-state index contributed by atoms with van der Waals surface area (Å²) in [6, 6.07) is 5.00. The third-order valence-electron chi connectivity index (χ3n) is 4.38. The van der Waals surface area contributed by atoms with Gasteiger partial charge in [0.15, 0.2) is 5.54 Å². The van der Waals surface area contributed by atoms with Crippen LogP contribution in [0.1, 0.15) is 32.6 Å². The quantitative estimate of drug-likeness (QED) is 0.788. The first kappa shape index (κ1) is 17.9. The van der Waals surface area contributed by atoms with Crippen molar-refractivity contribution in [1.29, 1.82) is 5.26 Å². The lowest BCUT2D eigenvalue weighted by Gasteiger charge is -2.28. The Kier molecular flexibility index (Phi) is 4.67. The second-order valence-electron chi connectivity index (χ2n) is 6.44. The molecule has 0 aliphatic carbocycles. The van der Waals surface area contributed by atoms with Crippen LogP contribution in [0.3, 0.4) is 0 Å². The number of urea groups is 1. The molecule has 2 heterocycles. The molecule has 1 saturated heterocycles. The van der Waals surface area contributed by atoms with E-state index in [1.165, 1.54) is 11.3 Å². The first-order chi connectivity index (χ1) is 11.1. The van der Waals surface area contributed by atoms with Crippen molar-refractivity contribution in [2.45, 2.75) is 38.8 Å². The molecular weight excluding hydrogens is 328 g/mol. The number of imide groups is 1. The molecule has 4 amide bonds. The molecule has 2 N–H and O–H groups in total. The zero-order valence-electron chi connectivity index (χ0n) is 14.0. The maximum absolute atomic E-state index is 12.6. The van der Waals surface area contributed by atoms with Crippen LogP contribution in [0, 0.1) is 17.2 Å². The Balaban J connectivity index is 2.14. The van der Waals surface area contributed by atoms with Crippen molar-refractivity contribution in [3.8, 4) is 6.07 Å². The highest BCUT2D eigenvalue weighted by Gasteiger charge is 2.50. The molecule has 8 heteroatoms. The van der Waals surface area contributed by atoms with Crippen molar-refractivity contribution in [2.24, 2.45) is 5.92 Å². The number of hydrogen-bond donors (Lipinski definition) is 2. The third kappa shape index (κ3) is 2.99. The zero-order valence-corrected chi connectivity index (χ0v) is 14.9. The number of nitrogens with one attached hydrogen (secondary N) is 2. The van der Waals surface area contributed by atoms with Crippen molar-refractivity contribution >= 4 is 29.2 Å². The molecule has 2 atom stereocenters. The minimum absolute atomic E-state index is 0.119. The largest absolute Gasteiger partial charge is 0.336 e. The molecule has 1 aromatic rings. The molecule has 2 rings (SSSR count). The van der Waals surface area contributed by atoms with E-state index in [0.29, 0.717) is 4.88 Å². The number of rotatable bonds is 5. The summed E-state index contributed by atoms with van der Waals surface area (Å²) < 4.78 is 0. The lowest BCUT2D eigenvalue weighted by Crippen LogP contribution is -2.52. The van der Waals surface area contributed by atoms with Gasteiger partial charge in [-0.1, -0.05) is 19.9 Å². The van der Waals surface area contributed by atoms with E-state index in [2.05, 4.69) is 16.7 Å². The predicted molar refractivity (Wildman–Crippen MR) is 88.9 cm³/mol. The highest BCUT2D eigenvalue weighted by atomic mass is 32.1. The van der Waals surface area contributed by atoms with Gasteiger partial charge in [0.05, 0.1) is 6.07 Å². The molecule has 0 spiro atoms. The lowest BCUT2D eigenvalue weighted by atomic mass is 9.90. The van der Waals surface area contributed by atoms with Crippen molar-refractivity contribution in [1.82, 2.24) is 15.5 Å². The average molecular weight is 348 g/mol. The number of thiophene rings is 1. The van der Waals surface area contributed by atoms with Crippen molar-refractivity contribution < 1.29 is 14.4 Å². The molecule has 1 aliphatic heterocycles. The SMILES string of the molecule is CC(C)C(C)(C#N)NC(=O)CN1C(=O)NC(C)(c2cccs2)C1=O. The van der Waals surface area contributed by atoms with Crippen molar-refractivity contribution in [2.75, 3.05) is 6.54 Å². The highest BCUT2D eigenvalue weighted by Crippen LogP contribution is 2.31. The summed E-state index contributed by atoms with van der Waals surface area (Å²) in [4.78, 5) is 38.6. The van der Waals surface area contributed by atoms with E-state index in [9.17, 15) is 19.6 Å². The maximum Gasteiger partial charge on any atom is 0.325 e. The van der Waals surface area contributed by atoms with E-state index in [0.717, 1.165) is 4.90 Å². The van der Waals surface area contributed by atoms with Gasteiger partial charge in [0.25, 0.3) is 5.91 Å². The fourth-order valence-electron chi connectivity index (χ4n) is 2.34. The molecule has 2 unspecified atom stereocenters. The number of nitriles is 1. The Morgan fingerprint density at radius 1 is 1.54 bits per heavy atom. The summed E-state index contributed by atoms with van der Waals surface area (Å²) in [5.74, 6) is -1.15. The molecule has 0 aromatic carbocycles. The lowest BCUT2D eigenvalue weighted by molar-refractivity contribution is -0.135. The Morgan fingerprint density at radius 3 is 2.71 bits per heavy atom. The molecule has 0 saturated carbocycles. The Hall–Kier alpha value is -2.40. The summed E-state index contributed by atoms with van der Waals surface area (Å²) in [5, 5.41) is 16.3. The highest BCUT2D eigenvalue weighted by molar-refractivity contribution is 7.10. The van der Waals surface area contributed by atoms with Crippen LogP contribution in [-0.4, -0.2) is 34.8 Å². The molecule has 1 aliphatic rings. The normalized spacial score (nSPS) is 22.9. The van der Waals surface area contributed by atoms with Crippen LogP contribution < -0.4 is 10.6 Å². The van der Waals surface area contributed by atoms with Gasteiger partial charge >= 0.3 is 6.03 Å². The molecule has 0 radical (unpaired) electrons. The van der Waals surface area contributed by atoms with Gasteiger partial charge in [0.1, 0.15) is 12.1 Å². The first-order valence-corrected chi connectivity index (χ1v) is 8.42. The first-order valence-electron chi connectivity index (χ1n) is 7.54. The number of carbonyl (C=O) groups excluding carboxylic acids is 3. The molecule has 7 nitrogen and oxygen atoms in total. The van der Waals surface area contributed by atoms with Gasteiger partial charge in [-0.15, -0.1) is 11.3 Å². The monoisotopic (exact) mass is 348 g/mol. The van der Waals surface area contributed by atoms with Crippen LogP contribution in [0.25, 0.3) is 0 Å². The number of hydrogen-bond acceptors (Lipinski definition) is 5. The van der Waals surface area contributed by atoms with Gasteiger partial charge in [-0.25, -0.2) is 4.79 Å². The van der Waals surface area contributed by atoms with Gasteiger partial charge in [-0.05, 0) is 31.2 Å². The average Bonchev–Trinajstić information content (AvgIpc) is 3.11. The minimum atomic E-state index is -1.16. The molecule has 24 heavy (non-hydrogen) atoms. The summed E-state index contributed by atoms with van der Waals surface area (Å²) in [7, 11) is 0. The Bertz CT molecular complexity index is 709. The molecular formula is C16H20N4O3S. The minimum Gasteiger partial charge on any atom is -0.336 e. The standard InChI is InChI=1S/C16H20N4O3S/c1-10(2)15(3,9-17)18-12(21)8-20-13(22)16(4,19-14(20)23)11-6-5-7-24-11/h5-7,10H,8H2,1-4H3,(H,18,21)(H,19,23). The van der Waals surface area contributed by atoms with E-state index in [1.807, 2.05) is 19.2 Å². The summed E-state index contributed by atoms with van der Waals surface area (Å²) in [6.45, 7) is 6.42. The van der Waals surface area contributed by atoms with E-state index in [4.69, 9.17) is 0 Å². The van der Waals surface area contributed by atoms with Crippen molar-refractivity contribution in [3.05, 3.63) is 22.4 Å². The van der Waals surface area contributed by atoms with Gasteiger partial charge in [0, 0.05) is 4.88 Å². The van der Waals surface area contributed by atoms with Gasteiger partial charge in [0.2, 0.25) is 5.91 Å². The summed E-state index contributed by atoms with van der Waals surface area (Å²) in [5.41, 5.74) is -2.23. The Labute approximate surface area is 144 Å². The number of carbonyl (C=O) groups is 3. The number of amides is 4. The van der Waals surface area contributed by atoms with Gasteiger partial charge < -0.3 is 10.6 Å². The van der Waals surface area contributed by atoms with Gasteiger partial charge in [-0.3, -0.25) is 14.5 Å². The van der Waals surface area contributed by atoms with Crippen LogP contribution in [0.5, 0.6) is 0 Å². The van der Waals surface area contributed by atoms with Crippen molar-refractivity contribution in [3.63, 3.8) is 0 Å².